The largest absolute Gasteiger partial charge is 0.489 e. The SMILES string of the molecule is CCC1CCCC(Oc2ccc(S(=O)(=O)Cl)cc2Cl)C1. The van der Waals surface area contributed by atoms with Gasteiger partial charge in [0.25, 0.3) is 9.05 Å². The summed E-state index contributed by atoms with van der Waals surface area (Å²) in [5.74, 6) is 1.23. The lowest BCUT2D eigenvalue weighted by atomic mass is 9.85. The van der Waals surface area contributed by atoms with Crippen LogP contribution in [0.5, 0.6) is 5.75 Å². The summed E-state index contributed by atoms with van der Waals surface area (Å²) in [7, 11) is 1.53. The van der Waals surface area contributed by atoms with Gasteiger partial charge in [-0.25, -0.2) is 8.42 Å². The van der Waals surface area contributed by atoms with Gasteiger partial charge in [-0.1, -0.05) is 31.4 Å². The lowest BCUT2D eigenvalue weighted by Gasteiger charge is -2.29. The molecule has 1 aromatic carbocycles. The summed E-state index contributed by atoms with van der Waals surface area (Å²) in [6.45, 7) is 2.19. The van der Waals surface area contributed by atoms with Gasteiger partial charge < -0.3 is 4.74 Å². The molecule has 1 saturated carbocycles. The third-order valence-corrected chi connectivity index (χ3v) is 5.44. The van der Waals surface area contributed by atoms with Crippen molar-refractivity contribution >= 4 is 31.3 Å². The van der Waals surface area contributed by atoms with E-state index in [1.165, 1.54) is 18.6 Å². The second-order valence-electron chi connectivity index (χ2n) is 5.21. The van der Waals surface area contributed by atoms with Crippen molar-refractivity contribution < 1.29 is 13.2 Å². The number of hydrogen-bond donors (Lipinski definition) is 0. The van der Waals surface area contributed by atoms with Crippen LogP contribution >= 0.6 is 22.3 Å². The Morgan fingerprint density at radius 1 is 1.35 bits per heavy atom. The standard InChI is InChI=1S/C14H18Cl2O3S/c1-2-10-4-3-5-11(8-10)19-14-7-6-12(9-13(14)15)20(16,17)18/h6-7,9-11H,2-5,8H2,1H3. The van der Waals surface area contributed by atoms with E-state index in [0.29, 0.717) is 11.7 Å². The van der Waals surface area contributed by atoms with Gasteiger partial charge in [-0.15, -0.1) is 0 Å². The highest BCUT2D eigenvalue weighted by Crippen LogP contribution is 2.34. The molecule has 2 rings (SSSR count). The first kappa shape index (κ1) is 15.9. The minimum absolute atomic E-state index is 0.00778. The molecule has 0 saturated heterocycles. The van der Waals surface area contributed by atoms with Gasteiger partial charge in [-0.2, -0.15) is 0 Å². The van der Waals surface area contributed by atoms with Gasteiger partial charge in [0.1, 0.15) is 5.75 Å². The Morgan fingerprint density at radius 3 is 2.70 bits per heavy atom. The van der Waals surface area contributed by atoms with Gasteiger partial charge in [0.15, 0.2) is 0 Å². The monoisotopic (exact) mass is 336 g/mol. The minimum Gasteiger partial charge on any atom is -0.489 e. The Morgan fingerprint density at radius 2 is 2.10 bits per heavy atom. The van der Waals surface area contributed by atoms with Crippen molar-refractivity contribution in [3.8, 4) is 5.75 Å². The van der Waals surface area contributed by atoms with E-state index >= 15 is 0 Å². The molecule has 1 aliphatic carbocycles. The molecular formula is C14H18Cl2O3S. The maximum atomic E-state index is 11.2. The minimum atomic E-state index is -3.76. The zero-order chi connectivity index (χ0) is 14.8. The molecule has 0 N–H and O–H groups in total. The molecule has 0 aromatic heterocycles. The maximum absolute atomic E-state index is 11.2. The van der Waals surface area contributed by atoms with E-state index in [0.717, 1.165) is 25.7 Å². The fraction of sp³-hybridized carbons (Fsp3) is 0.571. The Labute approximate surface area is 129 Å². The Kier molecular flexibility index (Phi) is 5.21. The van der Waals surface area contributed by atoms with Gasteiger partial charge in [0.2, 0.25) is 0 Å². The number of halogens is 2. The predicted molar refractivity (Wildman–Crippen MR) is 81.2 cm³/mol. The number of ether oxygens (including phenoxy) is 1. The third kappa shape index (κ3) is 4.03. The summed E-state index contributed by atoms with van der Waals surface area (Å²) in [6, 6.07) is 4.33. The highest BCUT2D eigenvalue weighted by molar-refractivity contribution is 8.13. The summed E-state index contributed by atoms with van der Waals surface area (Å²) in [5.41, 5.74) is 0. The van der Waals surface area contributed by atoms with Crippen molar-refractivity contribution in [2.45, 2.75) is 50.0 Å². The zero-order valence-electron chi connectivity index (χ0n) is 11.3. The van der Waals surface area contributed by atoms with Crippen molar-refractivity contribution in [2.75, 3.05) is 0 Å². The van der Waals surface area contributed by atoms with E-state index < -0.39 is 9.05 Å². The van der Waals surface area contributed by atoms with Crippen LogP contribution in [0.3, 0.4) is 0 Å². The van der Waals surface area contributed by atoms with E-state index in [4.69, 9.17) is 27.0 Å². The average Bonchev–Trinajstić information content (AvgIpc) is 2.40. The van der Waals surface area contributed by atoms with Crippen LogP contribution in [0.1, 0.15) is 39.0 Å². The van der Waals surface area contributed by atoms with Crippen LogP contribution in [0.4, 0.5) is 0 Å². The first-order valence-corrected chi connectivity index (χ1v) is 9.49. The van der Waals surface area contributed by atoms with Gasteiger partial charge >= 0.3 is 0 Å². The fourth-order valence-corrected chi connectivity index (χ4v) is 3.69. The van der Waals surface area contributed by atoms with E-state index in [9.17, 15) is 8.42 Å². The van der Waals surface area contributed by atoms with Crippen LogP contribution in [0.15, 0.2) is 23.1 Å². The van der Waals surface area contributed by atoms with Crippen LogP contribution in [0.25, 0.3) is 0 Å². The molecule has 1 fully saturated rings. The molecule has 0 heterocycles. The van der Waals surface area contributed by atoms with E-state index in [1.807, 2.05) is 0 Å². The molecular weight excluding hydrogens is 319 g/mol. The normalized spacial score (nSPS) is 23.6. The molecule has 6 heteroatoms. The van der Waals surface area contributed by atoms with Crippen LogP contribution in [-0.4, -0.2) is 14.5 Å². The van der Waals surface area contributed by atoms with Crippen molar-refractivity contribution in [1.82, 2.24) is 0 Å². The van der Waals surface area contributed by atoms with Crippen molar-refractivity contribution in [2.24, 2.45) is 5.92 Å². The molecule has 1 aromatic rings. The zero-order valence-corrected chi connectivity index (χ0v) is 13.6. The maximum Gasteiger partial charge on any atom is 0.261 e. The van der Waals surface area contributed by atoms with Gasteiger partial charge in [0, 0.05) is 10.7 Å². The predicted octanol–water partition coefficient (Wildman–Crippen LogP) is 4.62. The molecule has 0 aliphatic heterocycles. The summed E-state index contributed by atoms with van der Waals surface area (Å²) in [4.78, 5) is -0.00778. The summed E-state index contributed by atoms with van der Waals surface area (Å²) in [6.07, 6.45) is 5.79. The van der Waals surface area contributed by atoms with Gasteiger partial charge in [-0.05, 0) is 43.4 Å². The molecule has 2 atom stereocenters. The van der Waals surface area contributed by atoms with Gasteiger partial charge in [-0.3, -0.25) is 0 Å². The van der Waals surface area contributed by atoms with E-state index in [-0.39, 0.29) is 16.0 Å². The lowest BCUT2D eigenvalue weighted by molar-refractivity contribution is 0.122. The second-order valence-corrected chi connectivity index (χ2v) is 8.18. The summed E-state index contributed by atoms with van der Waals surface area (Å²) in [5, 5.41) is 0.283. The highest BCUT2D eigenvalue weighted by atomic mass is 35.7. The Balaban J connectivity index is 2.10. The molecule has 0 spiro atoms. The summed E-state index contributed by atoms with van der Waals surface area (Å²) < 4.78 is 28.4. The smallest absolute Gasteiger partial charge is 0.261 e. The first-order valence-electron chi connectivity index (χ1n) is 6.81. The first-order chi connectivity index (χ1) is 9.40. The molecule has 0 bridgehead atoms. The summed E-state index contributed by atoms with van der Waals surface area (Å²) >= 11 is 6.08. The second kappa shape index (κ2) is 6.54. The number of rotatable bonds is 4. The molecule has 0 amide bonds. The van der Waals surface area contributed by atoms with Crippen molar-refractivity contribution in [3.63, 3.8) is 0 Å². The number of benzene rings is 1. The number of hydrogen-bond acceptors (Lipinski definition) is 3. The van der Waals surface area contributed by atoms with Crippen LogP contribution in [-0.2, 0) is 9.05 Å². The molecule has 0 radical (unpaired) electrons. The van der Waals surface area contributed by atoms with Gasteiger partial charge in [0.05, 0.1) is 16.0 Å². The molecule has 112 valence electrons. The lowest BCUT2D eigenvalue weighted by Crippen LogP contribution is -2.25. The van der Waals surface area contributed by atoms with Crippen molar-refractivity contribution in [3.05, 3.63) is 23.2 Å². The van der Waals surface area contributed by atoms with Crippen molar-refractivity contribution in [1.29, 1.82) is 0 Å². The molecule has 2 unspecified atom stereocenters. The Bertz CT molecular complexity index is 572. The Hall–Kier alpha value is -0.450. The fourth-order valence-electron chi connectivity index (χ4n) is 2.63. The van der Waals surface area contributed by atoms with Crippen LogP contribution in [0.2, 0.25) is 5.02 Å². The third-order valence-electron chi connectivity index (χ3n) is 3.79. The topological polar surface area (TPSA) is 43.4 Å². The molecule has 20 heavy (non-hydrogen) atoms. The molecule has 1 aliphatic rings. The molecule has 3 nitrogen and oxygen atoms in total. The van der Waals surface area contributed by atoms with Crippen LogP contribution in [0, 0.1) is 5.92 Å². The van der Waals surface area contributed by atoms with E-state index in [1.54, 1.807) is 6.07 Å². The average molecular weight is 337 g/mol. The quantitative estimate of drug-likeness (QED) is 0.753. The van der Waals surface area contributed by atoms with Crippen LogP contribution < -0.4 is 4.74 Å². The highest BCUT2D eigenvalue weighted by Gasteiger charge is 2.23. The van der Waals surface area contributed by atoms with E-state index in [2.05, 4.69) is 6.92 Å².